The lowest BCUT2D eigenvalue weighted by Crippen LogP contribution is -2.26. The Balaban J connectivity index is 2.02. The van der Waals surface area contributed by atoms with Crippen LogP contribution >= 0.6 is 0 Å². The Morgan fingerprint density at radius 2 is 1.94 bits per heavy atom. The van der Waals surface area contributed by atoms with E-state index in [1.165, 1.54) is 21.9 Å². The van der Waals surface area contributed by atoms with Crippen LogP contribution in [-0.4, -0.2) is 5.78 Å². The molecule has 18 heavy (non-hydrogen) atoms. The molecule has 0 radical (unpaired) electrons. The number of Topliss-reactive ketones (excluding diaryl/α,β-unsaturated/α-hetero) is 1. The normalized spacial score (nSPS) is 25.2. The first-order valence-corrected chi connectivity index (χ1v) is 6.54. The minimum atomic E-state index is 0.207. The first kappa shape index (κ1) is 10.1. The monoisotopic (exact) mass is 234 g/mol. The first-order chi connectivity index (χ1) is 8.84. The molecule has 0 aliphatic heterocycles. The van der Waals surface area contributed by atoms with Gasteiger partial charge < -0.3 is 0 Å². The van der Waals surface area contributed by atoms with Gasteiger partial charge in [-0.05, 0) is 28.3 Å². The van der Waals surface area contributed by atoms with E-state index in [-0.39, 0.29) is 5.92 Å². The Kier molecular flexibility index (Phi) is 1.99. The van der Waals surface area contributed by atoms with Crippen molar-refractivity contribution >= 4 is 16.6 Å². The zero-order chi connectivity index (χ0) is 12.1. The van der Waals surface area contributed by atoms with Crippen LogP contribution in [0.3, 0.4) is 0 Å². The summed E-state index contributed by atoms with van der Waals surface area (Å²) in [7, 11) is 0. The highest BCUT2D eigenvalue weighted by atomic mass is 16.1. The first-order valence-electron chi connectivity index (χ1n) is 6.54. The fourth-order valence-electron chi connectivity index (χ4n) is 3.47. The molecule has 88 valence electrons. The molecule has 2 aliphatic carbocycles. The topological polar surface area (TPSA) is 17.1 Å². The summed E-state index contributed by atoms with van der Waals surface area (Å²) in [5, 5.41) is 2.49. The lowest BCUT2D eigenvalue weighted by atomic mass is 9.74. The molecule has 0 bridgehead atoms. The summed E-state index contributed by atoms with van der Waals surface area (Å²) < 4.78 is 0. The molecule has 2 aliphatic rings. The molecule has 1 nitrogen and oxygen atoms in total. The predicted octanol–water partition coefficient (Wildman–Crippen LogP) is 3.62. The quantitative estimate of drug-likeness (QED) is 0.636. The van der Waals surface area contributed by atoms with Crippen molar-refractivity contribution in [3.8, 4) is 0 Å². The van der Waals surface area contributed by atoms with Crippen LogP contribution < -0.4 is 0 Å². The molecular weight excluding hydrogens is 220 g/mol. The number of benzene rings is 2. The molecule has 0 N–H and O–H groups in total. The van der Waals surface area contributed by atoms with E-state index in [0.717, 1.165) is 6.42 Å². The number of fused-ring (bicyclic) bond motifs is 5. The minimum Gasteiger partial charge on any atom is -0.299 e. The van der Waals surface area contributed by atoms with E-state index in [1.54, 1.807) is 0 Å². The van der Waals surface area contributed by atoms with Crippen LogP contribution in [0.1, 0.15) is 23.5 Å². The highest BCUT2D eigenvalue weighted by molar-refractivity contribution is 5.95. The van der Waals surface area contributed by atoms with Crippen LogP contribution in [0.15, 0.2) is 48.6 Å². The highest BCUT2D eigenvalue weighted by Gasteiger charge is 2.36. The largest absolute Gasteiger partial charge is 0.299 e. The Hall–Kier alpha value is -1.89. The molecule has 0 heterocycles. The maximum Gasteiger partial charge on any atom is 0.141 e. The lowest BCUT2D eigenvalue weighted by Gasteiger charge is -2.28. The number of carbonyl (C=O) groups is 1. The van der Waals surface area contributed by atoms with Gasteiger partial charge in [-0.25, -0.2) is 0 Å². The van der Waals surface area contributed by atoms with Gasteiger partial charge in [-0.2, -0.15) is 0 Å². The zero-order valence-corrected chi connectivity index (χ0v) is 10.1. The van der Waals surface area contributed by atoms with Crippen LogP contribution in [-0.2, 0) is 11.2 Å². The van der Waals surface area contributed by atoms with Crippen LogP contribution in [0.2, 0.25) is 0 Å². The Labute approximate surface area is 106 Å². The van der Waals surface area contributed by atoms with E-state index < -0.39 is 0 Å². The fourth-order valence-corrected chi connectivity index (χ4v) is 3.47. The second-order valence-corrected chi connectivity index (χ2v) is 5.29. The van der Waals surface area contributed by atoms with Gasteiger partial charge in [-0.1, -0.05) is 48.6 Å². The summed E-state index contributed by atoms with van der Waals surface area (Å²) in [6.45, 7) is 0. The molecule has 2 unspecified atom stereocenters. The van der Waals surface area contributed by atoms with Gasteiger partial charge in [0.15, 0.2) is 0 Å². The predicted molar refractivity (Wildman–Crippen MR) is 72.6 cm³/mol. The zero-order valence-electron chi connectivity index (χ0n) is 10.1. The molecule has 4 rings (SSSR count). The minimum absolute atomic E-state index is 0.207. The van der Waals surface area contributed by atoms with Gasteiger partial charge in [0.2, 0.25) is 0 Å². The number of carbonyl (C=O) groups excluding carboxylic acids is 1. The van der Waals surface area contributed by atoms with Crippen LogP contribution in [0.4, 0.5) is 0 Å². The van der Waals surface area contributed by atoms with Crippen molar-refractivity contribution in [1.82, 2.24) is 0 Å². The van der Waals surface area contributed by atoms with Crippen molar-refractivity contribution in [3.05, 3.63) is 59.7 Å². The molecule has 2 aromatic rings. The van der Waals surface area contributed by atoms with Crippen molar-refractivity contribution in [3.63, 3.8) is 0 Å². The maximum atomic E-state index is 12.2. The van der Waals surface area contributed by atoms with E-state index in [4.69, 9.17) is 0 Å². The van der Waals surface area contributed by atoms with Crippen molar-refractivity contribution in [1.29, 1.82) is 0 Å². The van der Waals surface area contributed by atoms with E-state index in [2.05, 4.69) is 48.6 Å². The Morgan fingerprint density at radius 1 is 1.06 bits per heavy atom. The number of hydrogen-bond donors (Lipinski definition) is 0. The Morgan fingerprint density at radius 3 is 2.89 bits per heavy atom. The van der Waals surface area contributed by atoms with E-state index in [1.807, 2.05) is 0 Å². The molecule has 1 heteroatoms. The second-order valence-electron chi connectivity index (χ2n) is 5.29. The smallest absolute Gasteiger partial charge is 0.141 e. The average molecular weight is 234 g/mol. The van der Waals surface area contributed by atoms with Crippen LogP contribution in [0.25, 0.3) is 10.8 Å². The summed E-state index contributed by atoms with van der Waals surface area (Å²) >= 11 is 0. The third-order valence-electron chi connectivity index (χ3n) is 4.37. The lowest BCUT2D eigenvalue weighted by molar-refractivity contribution is -0.122. The third-order valence-corrected chi connectivity index (χ3v) is 4.37. The molecule has 0 aromatic heterocycles. The standard InChI is InChI=1S/C17H14O/c18-17-10-16-12-5-2-1-4-11(12)8-9-14(16)13-6-3-7-15(13)17/h1-6,8-9,13,15H,7,10H2. The third kappa shape index (κ3) is 1.25. The molecule has 0 saturated heterocycles. The van der Waals surface area contributed by atoms with E-state index in [0.29, 0.717) is 18.1 Å². The summed E-state index contributed by atoms with van der Waals surface area (Å²) in [6.07, 6.45) is 5.92. The second kappa shape index (κ2) is 3.55. The summed E-state index contributed by atoms with van der Waals surface area (Å²) in [5.74, 6) is 0.943. The van der Waals surface area contributed by atoms with Crippen molar-refractivity contribution in [2.45, 2.75) is 18.8 Å². The van der Waals surface area contributed by atoms with Gasteiger partial charge in [-0.3, -0.25) is 4.79 Å². The van der Waals surface area contributed by atoms with Crippen LogP contribution in [0.5, 0.6) is 0 Å². The van der Waals surface area contributed by atoms with Crippen molar-refractivity contribution < 1.29 is 4.79 Å². The molecule has 0 saturated carbocycles. The van der Waals surface area contributed by atoms with E-state index >= 15 is 0 Å². The molecule has 2 atom stereocenters. The van der Waals surface area contributed by atoms with Gasteiger partial charge in [0, 0.05) is 18.3 Å². The molecular formula is C17H14O. The molecule has 0 spiro atoms. The van der Waals surface area contributed by atoms with Gasteiger partial charge in [0.1, 0.15) is 5.78 Å². The fraction of sp³-hybridized carbons (Fsp3) is 0.235. The molecule has 0 amide bonds. The molecule has 0 fully saturated rings. The summed E-state index contributed by atoms with van der Waals surface area (Å²) in [4.78, 5) is 12.2. The average Bonchev–Trinajstić information content (AvgIpc) is 2.89. The highest BCUT2D eigenvalue weighted by Crippen LogP contribution is 2.43. The van der Waals surface area contributed by atoms with Crippen molar-refractivity contribution in [2.75, 3.05) is 0 Å². The summed E-state index contributed by atoms with van der Waals surface area (Å²) in [6, 6.07) is 12.8. The van der Waals surface area contributed by atoms with Crippen molar-refractivity contribution in [2.24, 2.45) is 5.92 Å². The van der Waals surface area contributed by atoms with E-state index in [9.17, 15) is 4.79 Å². The number of hydrogen-bond acceptors (Lipinski definition) is 1. The van der Waals surface area contributed by atoms with Gasteiger partial charge in [-0.15, -0.1) is 0 Å². The molecule has 2 aromatic carbocycles. The SMILES string of the molecule is O=C1Cc2c(ccc3ccccc23)C2C=CCC12. The van der Waals surface area contributed by atoms with Gasteiger partial charge in [0.25, 0.3) is 0 Å². The van der Waals surface area contributed by atoms with Crippen LogP contribution in [0, 0.1) is 5.92 Å². The maximum absolute atomic E-state index is 12.2. The van der Waals surface area contributed by atoms with Gasteiger partial charge >= 0.3 is 0 Å². The Bertz CT molecular complexity index is 681. The number of ketones is 1. The summed E-state index contributed by atoms with van der Waals surface area (Å²) in [5.41, 5.74) is 2.62. The number of allylic oxidation sites excluding steroid dienone is 2. The number of rotatable bonds is 0. The van der Waals surface area contributed by atoms with Gasteiger partial charge in [0.05, 0.1) is 0 Å².